The van der Waals surface area contributed by atoms with E-state index in [4.69, 9.17) is 0 Å². The lowest BCUT2D eigenvalue weighted by atomic mass is 9.94. The minimum Gasteiger partial charge on any atom is -0.288 e. The van der Waals surface area contributed by atoms with Crippen molar-refractivity contribution in [3.05, 3.63) is 89.1 Å². The molecule has 2 heterocycles. The van der Waals surface area contributed by atoms with E-state index in [9.17, 15) is 4.79 Å². The molecule has 4 rings (SSSR count). The highest BCUT2D eigenvalue weighted by molar-refractivity contribution is 6.08. The van der Waals surface area contributed by atoms with Gasteiger partial charge in [0.05, 0.1) is 5.56 Å². The standard InChI is InChI=1S/C22H20NO/c1-2-16-8-10-20-18(14-16)12-13-23-15-19(9-11-21(20)23)22(24)17-6-4-3-5-7-17/h3-11,14-15H,2,12-13H2,1H3/q+1. The van der Waals surface area contributed by atoms with E-state index in [1.165, 1.54) is 22.4 Å². The quantitative estimate of drug-likeness (QED) is 0.529. The van der Waals surface area contributed by atoms with Gasteiger partial charge in [-0.25, -0.2) is 0 Å². The molecule has 0 fully saturated rings. The van der Waals surface area contributed by atoms with E-state index in [0.717, 1.165) is 30.5 Å². The first-order valence-corrected chi connectivity index (χ1v) is 8.51. The van der Waals surface area contributed by atoms with Gasteiger partial charge in [-0.1, -0.05) is 49.4 Å². The Labute approximate surface area is 142 Å². The molecule has 0 amide bonds. The monoisotopic (exact) mass is 314 g/mol. The number of fused-ring (bicyclic) bond motifs is 3. The van der Waals surface area contributed by atoms with Crippen LogP contribution in [-0.2, 0) is 19.4 Å². The molecular formula is C22H20NO+. The number of benzene rings is 2. The third-order valence-electron chi connectivity index (χ3n) is 4.80. The molecule has 3 aromatic rings. The van der Waals surface area contributed by atoms with E-state index in [2.05, 4.69) is 35.8 Å². The Morgan fingerprint density at radius 2 is 1.83 bits per heavy atom. The summed E-state index contributed by atoms with van der Waals surface area (Å²) in [7, 11) is 0. The minimum absolute atomic E-state index is 0.0815. The highest BCUT2D eigenvalue weighted by Crippen LogP contribution is 2.26. The summed E-state index contributed by atoms with van der Waals surface area (Å²) in [6.07, 6.45) is 4.09. The predicted octanol–water partition coefficient (Wildman–Crippen LogP) is 3.99. The maximum absolute atomic E-state index is 12.6. The number of rotatable bonds is 3. The van der Waals surface area contributed by atoms with Gasteiger partial charge in [0.15, 0.2) is 18.5 Å². The van der Waals surface area contributed by atoms with Crippen LogP contribution in [0.1, 0.15) is 34.0 Å². The first-order chi connectivity index (χ1) is 11.8. The van der Waals surface area contributed by atoms with Crippen LogP contribution in [0.3, 0.4) is 0 Å². The molecule has 1 aliphatic rings. The van der Waals surface area contributed by atoms with Crippen LogP contribution in [-0.4, -0.2) is 5.78 Å². The molecule has 1 aliphatic heterocycles. The Hall–Kier alpha value is -2.74. The maximum Gasteiger partial charge on any atom is 0.212 e. The van der Waals surface area contributed by atoms with Crippen LogP contribution in [0.15, 0.2) is 66.9 Å². The number of aryl methyl sites for hydroxylation is 3. The topological polar surface area (TPSA) is 20.9 Å². The molecule has 2 heteroatoms. The van der Waals surface area contributed by atoms with Gasteiger partial charge in [-0.3, -0.25) is 4.79 Å². The number of ketones is 1. The Morgan fingerprint density at radius 3 is 2.62 bits per heavy atom. The molecule has 0 saturated heterocycles. The number of hydrogen-bond donors (Lipinski definition) is 0. The van der Waals surface area contributed by atoms with Gasteiger partial charge in [0, 0.05) is 23.6 Å². The Kier molecular flexibility index (Phi) is 3.73. The SMILES string of the molecule is CCc1ccc2c(c1)CC[n+]1cc(C(=O)c3ccccc3)ccc1-2. The number of carbonyl (C=O) groups excluding carboxylic acids is 1. The summed E-state index contributed by atoms with van der Waals surface area (Å²) in [4.78, 5) is 12.6. The zero-order valence-corrected chi connectivity index (χ0v) is 13.8. The lowest BCUT2D eigenvalue weighted by Crippen LogP contribution is -2.40. The molecule has 24 heavy (non-hydrogen) atoms. The zero-order valence-electron chi connectivity index (χ0n) is 13.8. The molecule has 0 atom stereocenters. The number of hydrogen-bond acceptors (Lipinski definition) is 1. The van der Waals surface area contributed by atoms with Crippen molar-refractivity contribution in [3.8, 4) is 11.3 Å². The predicted molar refractivity (Wildman–Crippen MR) is 95.0 cm³/mol. The van der Waals surface area contributed by atoms with Gasteiger partial charge in [-0.05, 0) is 29.7 Å². The van der Waals surface area contributed by atoms with Crippen LogP contribution >= 0.6 is 0 Å². The average molecular weight is 314 g/mol. The van der Waals surface area contributed by atoms with Gasteiger partial charge in [0.2, 0.25) is 5.69 Å². The molecule has 0 radical (unpaired) electrons. The Balaban J connectivity index is 1.73. The van der Waals surface area contributed by atoms with Crippen LogP contribution < -0.4 is 4.57 Å². The van der Waals surface area contributed by atoms with E-state index in [-0.39, 0.29) is 5.78 Å². The summed E-state index contributed by atoms with van der Waals surface area (Å²) in [5.41, 5.74) is 6.77. The van der Waals surface area contributed by atoms with Crippen molar-refractivity contribution in [2.24, 2.45) is 0 Å². The fraction of sp³-hybridized carbons (Fsp3) is 0.182. The number of aromatic nitrogens is 1. The third-order valence-corrected chi connectivity index (χ3v) is 4.80. The second-order valence-corrected chi connectivity index (χ2v) is 6.29. The smallest absolute Gasteiger partial charge is 0.212 e. The van der Waals surface area contributed by atoms with Gasteiger partial charge in [0.1, 0.15) is 0 Å². The first kappa shape index (κ1) is 14.8. The Morgan fingerprint density at radius 1 is 1.00 bits per heavy atom. The van der Waals surface area contributed by atoms with Gasteiger partial charge in [0.25, 0.3) is 0 Å². The molecule has 1 aromatic heterocycles. The number of nitrogens with zero attached hydrogens (tertiary/aromatic N) is 1. The molecule has 0 unspecified atom stereocenters. The lowest BCUT2D eigenvalue weighted by molar-refractivity contribution is -0.687. The van der Waals surface area contributed by atoms with E-state index >= 15 is 0 Å². The molecule has 0 saturated carbocycles. The van der Waals surface area contributed by atoms with Crippen molar-refractivity contribution < 1.29 is 9.36 Å². The van der Waals surface area contributed by atoms with Crippen LogP contribution in [0.5, 0.6) is 0 Å². The second kappa shape index (κ2) is 6.04. The first-order valence-electron chi connectivity index (χ1n) is 8.51. The second-order valence-electron chi connectivity index (χ2n) is 6.29. The lowest BCUT2D eigenvalue weighted by Gasteiger charge is -2.16. The van der Waals surface area contributed by atoms with E-state index in [1.807, 2.05) is 42.6 Å². The molecule has 118 valence electrons. The molecule has 0 bridgehead atoms. The van der Waals surface area contributed by atoms with E-state index in [1.54, 1.807) is 0 Å². The van der Waals surface area contributed by atoms with E-state index in [0.29, 0.717) is 0 Å². The molecule has 0 aliphatic carbocycles. The van der Waals surface area contributed by atoms with Crippen LogP contribution in [0.2, 0.25) is 0 Å². The van der Waals surface area contributed by atoms with Gasteiger partial charge >= 0.3 is 0 Å². The normalized spacial score (nSPS) is 12.4. The minimum atomic E-state index is 0.0815. The summed E-state index contributed by atoms with van der Waals surface area (Å²) in [5, 5.41) is 0. The van der Waals surface area contributed by atoms with Gasteiger partial charge in [-0.15, -0.1) is 0 Å². The van der Waals surface area contributed by atoms with Crippen molar-refractivity contribution in [3.63, 3.8) is 0 Å². The molecular weight excluding hydrogens is 294 g/mol. The van der Waals surface area contributed by atoms with Crippen LogP contribution in [0.4, 0.5) is 0 Å². The Bertz CT molecular complexity index is 913. The van der Waals surface area contributed by atoms with Crippen molar-refractivity contribution >= 4 is 5.78 Å². The average Bonchev–Trinajstić information content (AvgIpc) is 2.67. The zero-order chi connectivity index (χ0) is 16.5. The number of carbonyl (C=O) groups is 1. The van der Waals surface area contributed by atoms with Crippen LogP contribution in [0, 0.1) is 0 Å². The molecule has 2 nitrogen and oxygen atoms in total. The van der Waals surface area contributed by atoms with Crippen molar-refractivity contribution in [2.75, 3.05) is 0 Å². The van der Waals surface area contributed by atoms with Crippen molar-refractivity contribution in [1.82, 2.24) is 0 Å². The fourth-order valence-electron chi connectivity index (χ4n) is 3.43. The number of pyridine rings is 1. The van der Waals surface area contributed by atoms with Crippen molar-refractivity contribution in [2.45, 2.75) is 26.3 Å². The molecule has 0 N–H and O–H groups in total. The summed E-state index contributed by atoms with van der Waals surface area (Å²) < 4.78 is 2.21. The highest BCUT2D eigenvalue weighted by atomic mass is 16.1. The molecule has 2 aromatic carbocycles. The summed E-state index contributed by atoms with van der Waals surface area (Å²) >= 11 is 0. The highest BCUT2D eigenvalue weighted by Gasteiger charge is 2.24. The summed E-state index contributed by atoms with van der Waals surface area (Å²) in [6, 6.07) is 20.3. The van der Waals surface area contributed by atoms with E-state index < -0.39 is 0 Å². The van der Waals surface area contributed by atoms with Gasteiger partial charge < -0.3 is 0 Å². The maximum atomic E-state index is 12.6. The summed E-state index contributed by atoms with van der Waals surface area (Å²) in [5.74, 6) is 0.0815. The van der Waals surface area contributed by atoms with Crippen LogP contribution in [0.25, 0.3) is 11.3 Å². The third kappa shape index (κ3) is 2.54. The van der Waals surface area contributed by atoms with Gasteiger partial charge in [-0.2, -0.15) is 4.57 Å². The molecule has 0 spiro atoms. The largest absolute Gasteiger partial charge is 0.288 e. The summed E-state index contributed by atoms with van der Waals surface area (Å²) in [6.45, 7) is 3.11. The fourth-order valence-corrected chi connectivity index (χ4v) is 3.43. The van der Waals surface area contributed by atoms with Crippen molar-refractivity contribution in [1.29, 1.82) is 0 Å².